The molecule has 0 atom stereocenters. The van der Waals surface area contributed by atoms with Crippen molar-refractivity contribution in [2.75, 3.05) is 17.2 Å². The number of aromatic nitrogens is 3. The molecular formula is C28H24BrF3N6OS. The number of ether oxygens (including phenoxy) is 1. The van der Waals surface area contributed by atoms with Crippen molar-refractivity contribution in [3.63, 3.8) is 0 Å². The summed E-state index contributed by atoms with van der Waals surface area (Å²) in [5.74, 6) is 1.18. The summed E-state index contributed by atoms with van der Waals surface area (Å²) in [7, 11) is 0. The molecule has 0 saturated carbocycles. The van der Waals surface area contributed by atoms with Crippen LogP contribution in [0.3, 0.4) is 0 Å². The standard InChI is InChI=1S/C28H24BrF3N6OS/c1-18-14-22(29)15-19(2)25(18)37-12-3-13-40-27(37)35-34-16-20-4-6-21(7-5-20)26-33-17-38(36-26)23-8-10-24(11-9-23)39-28(30,31)32/h4-11,14-17H,3,12-13H2,1-2H3/b34-16+,35-27-. The maximum atomic E-state index is 12.4. The molecule has 0 aliphatic carbocycles. The van der Waals surface area contributed by atoms with Gasteiger partial charge in [-0.05, 0) is 73.4 Å². The molecule has 5 rings (SSSR count). The van der Waals surface area contributed by atoms with E-state index >= 15 is 0 Å². The Morgan fingerprint density at radius 3 is 2.40 bits per heavy atom. The van der Waals surface area contributed by atoms with Gasteiger partial charge in [-0.25, -0.2) is 9.67 Å². The van der Waals surface area contributed by atoms with Crippen molar-refractivity contribution in [2.24, 2.45) is 10.2 Å². The second kappa shape index (κ2) is 11.8. The maximum Gasteiger partial charge on any atom is 0.573 e. The number of alkyl halides is 3. The zero-order chi connectivity index (χ0) is 28.3. The Hall–Kier alpha value is -3.64. The largest absolute Gasteiger partial charge is 0.573 e. The second-order valence-corrected chi connectivity index (χ2v) is 11.0. The fraction of sp³-hybridized carbons (Fsp3) is 0.214. The van der Waals surface area contributed by atoms with Gasteiger partial charge in [0.2, 0.25) is 0 Å². The molecule has 0 unspecified atom stereocenters. The van der Waals surface area contributed by atoms with Crippen LogP contribution in [-0.4, -0.2) is 44.8 Å². The molecule has 0 amide bonds. The Morgan fingerprint density at radius 1 is 1.02 bits per heavy atom. The zero-order valence-corrected chi connectivity index (χ0v) is 24.0. The number of rotatable bonds is 6. The van der Waals surface area contributed by atoms with E-state index in [4.69, 9.17) is 0 Å². The predicted octanol–water partition coefficient (Wildman–Crippen LogP) is 7.55. The topological polar surface area (TPSA) is 67.9 Å². The number of hydrogen-bond acceptors (Lipinski definition) is 6. The molecule has 0 radical (unpaired) electrons. The molecule has 206 valence electrons. The Morgan fingerprint density at radius 2 is 1.73 bits per heavy atom. The molecule has 12 heteroatoms. The molecule has 0 bridgehead atoms. The van der Waals surface area contributed by atoms with E-state index in [-0.39, 0.29) is 5.75 Å². The number of halogens is 4. The molecule has 7 nitrogen and oxygen atoms in total. The molecule has 1 saturated heterocycles. The minimum absolute atomic E-state index is 0.299. The van der Waals surface area contributed by atoms with Gasteiger partial charge in [-0.2, -0.15) is 5.10 Å². The Labute approximate surface area is 241 Å². The van der Waals surface area contributed by atoms with Crippen LogP contribution in [0.4, 0.5) is 18.9 Å². The van der Waals surface area contributed by atoms with E-state index < -0.39 is 6.36 Å². The van der Waals surface area contributed by atoms with Gasteiger partial charge in [0.05, 0.1) is 11.9 Å². The van der Waals surface area contributed by atoms with E-state index in [0.717, 1.165) is 39.5 Å². The summed E-state index contributed by atoms with van der Waals surface area (Å²) in [6.07, 6.45) is -0.449. The molecule has 1 aliphatic rings. The van der Waals surface area contributed by atoms with E-state index in [0.29, 0.717) is 11.5 Å². The highest BCUT2D eigenvalue weighted by atomic mass is 79.9. The van der Waals surface area contributed by atoms with Crippen molar-refractivity contribution in [2.45, 2.75) is 26.6 Å². The highest BCUT2D eigenvalue weighted by molar-refractivity contribution is 9.10. The molecule has 0 spiro atoms. The highest BCUT2D eigenvalue weighted by Crippen LogP contribution is 2.33. The molecule has 4 aromatic rings. The summed E-state index contributed by atoms with van der Waals surface area (Å²) in [6.45, 7) is 5.11. The van der Waals surface area contributed by atoms with Crippen LogP contribution in [0.2, 0.25) is 0 Å². The first-order valence-electron chi connectivity index (χ1n) is 12.3. The van der Waals surface area contributed by atoms with E-state index in [9.17, 15) is 13.2 Å². The van der Waals surface area contributed by atoms with Crippen molar-refractivity contribution >= 4 is 44.8 Å². The number of thioether (sulfide) groups is 1. The quantitative estimate of drug-likeness (QED) is 0.163. The average molecular weight is 630 g/mol. The van der Waals surface area contributed by atoms with Crippen LogP contribution in [0.25, 0.3) is 17.1 Å². The second-order valence-electron chi connectivity index (χ2n) is 9.05. The number of aryl methyl sites for hydroxylation is 2. The van der Waals surface area contributed by atoms with Crippen LogP contribution in [0.15, 0.2) is 81.7 Å². The summed E-state index contributed by atoms with van der Waals surface area (Å²) < 4.78 is 43.6. The molecule has 1 aliphatic heterocycles. The molecular weight excluding hydrogens is 605 g/mol. The average Bonchev–Trinajstić information content (AvgIpc) is 3.39. The number of nitrogens with zero attached hydrogens (tertiary/aromatic N) is 6. The third kappa shape index (κ3) is 6.73. The number of anilines is 1. The van der Waals surface area contributed by atoms with Crippen LogP contribution in [0, 0.1) is 13.8 Å². The van der Waals surface area contributed by atoms with Crippen LogP contribution in [0.1, 0.15) is 23.1 Å². The van der Waals surface area contributed by atoms with Crippen molar-refractivity contribution in [3.8, 4) is 22.8 Å². The van der Waals surface area contributed by atoms with Crippen molar-refractivity contribution in [1.29, 1.82) is 0 Å². The first-order chi connectivity index (χ1) is 19.2. The number of benzene rings is 3. The van der Waals surface area contributed by atoms with Gasteiger partial charge >= 0.3 is 6.36 Å². The third-order valence-corrected chi connectivity index (χ3v) is 7.57. The van der Waals surface area contributed by atoms with Gasteiger partial charge < -0.3 is 9.64 Å². The van der Waals surface area contributed by atoms with Crippen molar-refractivity contribution < 1.29 is 17.9 Å². The highest BCUT2D eigenvalue weighted by Gasteiger charge is 2.31. The number of amidine groups is 1. The first kappa shape index (κ1) is 27.9. The molecule has 2 heterocycles. The predicted molar refractivity (Wildman–Crippen MR) is 157 cm³/mol. The lowest BCUT2D eigenvalue weighted by Gasteiger charge is -2.31. The summed E-state index contributed by atoms with van der Waals surface area (Å²) in [5.41, 5.74) is 5.76. The summed E-state index contributed by atoms with van der Waals surface area (Å²) in [4.78, 5) is 6.57. The van der Waals surface area contributed by atoms with E-state index in [1.165, 1.54) is 52.1 Å². The van der Waals surface area contributed by atoms with Gasteiger partial charge in [-0.1, -0.05) is 52.0 Å². The SMILES string of the molecule is Cc1cc(Br)cc(C)c1N1CCCS/C1=N\N=C\c1ccc(-c2ncn(-c3ccc(OC(F)(F)F)cc3)n2)cc1. The third-order valence-electron chi connectivity index (χ3n) is 6.06. The molecule has 3 aromatic carbocycles. The van der Waals surface area contributed by atoms with Gasteiger partial charge in [-0.3, -0.25) is 0 Å². The van der Waals surface area contributed by atoms with Crippen LogP contribution in [-0.2, 0) is 0 Å². The lowest BCUT2D eigenvalue weighted by atomic mass is 10.1. The van der Waals surface area contributed by atoms with E-state index in [1.54, 1.807) is 18.0 Å². The van der Waals surface area contributed by atoms with Gasteiger partial charge in [0, 0.05) is 28.0 Å². The van der Waals surface area contributed by atoms with Crippen molar-refractivity contribution in [1.82, 2.24) is 14.8 Å². The Kier molecular flexibility index (Phi) is 8.27. The number of hydrogen-bond donors (Lipinski definition) is 0. The lowest BCUT2D eigenvalue weighted by Crippen LogP contribution is -2.35. The summed E-state index contributed by atoms with van der Waals surface area (Å²) in [5, 5.41) is 14.2. The minimum Gasteiger partial charge on any atom is -0.406 e. The van der Waals surface area contributed by atoms with Gasteiger partial charge in [0.25, 0.3) is 0 Å². The summed E-state index contributed by atoms with van der Waals surface area (Å²) in [6, 6.07) is 17.2. The molecule has 40 heavy (non-hydrogen) atoms. The van der Waals surface area contributed by atoms with E-state index in [1.807, 2.05) is 24.3 Å². The Balaban J connectivity index is 1.27. The van der Waals surface area contributed by atoms with Gasteiger partial charge in [0.1, 0.15) is 12.1 Å². The zero-order valence-electron chi connectivity index (χ0n) is 21.6. The first-order valence-corrected chi connectivity index (χ1v) is 14.1. The molecule has 1 fully saturated rings. The normalized spacial score (nSPS) is 15.2. The minimum atomic E-state index is -4.74. The Bertz CT molecular complexity index is 1530. The monoisotopic (exact) mass is 628 g/mol. The smallest absolute Gasteiger partial charge is 0.406 e. The molecule has 1 aromatic heterocycles. The van der Waals surface area contributed by atoms with Gasteiger partial charge in [0.15, 0.2) is 11.0 Å². The molecule has 0 N–H and O–H groups in total. The van der Waals surface area contributed by atoms with E-state index in [2.05, 4.69) is 71.8 Å². The van der Waals surface area contributed by atoms with Gasteiger partial charge in [-0.15, -0.1) is 23.4 Å². The summed E-state index contributed by atoms with van der Waals surface area (Å²) >= 11 is 5.27. The van der Waals surface area contributed by atoms with Crippen LogP contribution in [0.5, 0.6) is 5.75 Å². The fourth-order valence-corrected chi connectivity index (χ4v) is 5.95. The maximum absolute atomic E-state index is 12.4. The lowest BCUT2D eigenvalue weighted by molar-refractivity contribution is -0.274. The fourth-order valence-electron chi connectivity index (χ4n) is 4.36. The van der Waals surface area contributed by atoms with Crippen LogP contribution < -0.4 is 9.64 Å². The van der Waals surface area contributed by atoms with Crippen LogP contribution >= 0.6 is 27.7 Å². The van der Waals surface area contributed by atoms with Crippen molar-refractivity contribution in [3.05, 3.63) is 88.2 Å².